The zero-order valence-corrected chi connectivity index (χ0v) is 14.4. The van der Waals surface area contributed by atoms with Gasteiger partial charge in [-0.05, 0) is 18.9 Å². The van der Waals surface area contributed by atoms with Crippen molar-refractivity contribution in [1.29, 1.82) is 0 Å². The highest BCUT2D eigenvalue weighted by atomic mass is 32.1. The fraction of sp³-hybridized carbons (Fsp3) is 0.375. The summed E-state index contributed by atoms with van der Waals surface area (Å²) < 4.78 is 1.65. The highest BCUT2D eigenvalue weighted by molar-refractivity contribution is 7.19. The molecule has 1 aliphatic heterocycles. The first kappa shape index (κ1) is 15.1. The number of thiophene rings is 1. The van der Waals surface area contributed by atoms with Gasteiger partial charge in [0.2, 0.25) is 0 Å². The third kappa shape index (κ3) is 2.43. The summed E-state index contributed by atoms with van der Waals surface area (Å²) in [6, 6.07) is 0. The number of aromatic nitrogens is 4. The fourth-order valence-electron chi connectivity index (χ4n) is 3.12. The van der Waals surface area contributed by atoms with Gasteiger partial charge in [0.15, 0.2) is 0 Å². The quantitative estimate of drug-likeness (QED) is 0.788. The summed E-state index contributed by atoms with van der Waals surface area (Å²) in [6.07, 6.45) is 5.81. The minimum absolute atomic E-state index is 0.0317. The average molecular weight is 342 g/mol. The molecule has 3 aromatic heterocycles. The lowest BCUT2D eigenvalue weighted by atomic mass is 10.0. The van der Waals surface area contributed by atoms with E-state index in [1.165, 1.54) is 10.4 Å². The lowest BCUT2D eigenvalue weighted by molar-refractivity contribution is 0.0737. The van der Waals surface area contributed by atoms with Gasteiger partial charge in [0.05, 0.1) is 23.7 Å². The van der Waals surface area contributed by atoms with Gasteiger partial charge in [0.25, 0.3) is 5.91 Å². The predicted molar refractivity (Wildman–Crippen MR) is 93.2 cm³/mol. The highest BCUT2D eigenvalue weighted by Gasteiger charge is 2.27. The van der Waals surface area contributed by atoms with E-state index >= 15 is 0 Å². The molecule has 4 rings (SSSR count). The molecule has 0 aromatic carbocycles. The zero-order valence-electron chi connectivity index (χ0n) is 13.6. The van der Waals surface area contributed by atoms with Crippen LogP contribution in [-0.2, 0) is 20.0 Å². The molecular formula is C16H18N6OS. The van der Waals surface area contributed by atoms with Crippen LogP contribution in [0.15, 0.2) is 18.7 Å². The van der Waals surface area contributed by atoms with Gasteiger partial charge in [-0.15, -0.1) is 11.3 Å². The largest absolute Gasteiger partial charge is 0.370 e. The summed E-state index contributed by atoms with van der Waals surface area (Å²) in [6.45, 7) is 4.20. The Hall–Kier alpha value is -2.48. The number of fused-ring (bicyclic) bond motifs is 3. The molecule has 0 fully saturated rings. The van der Waals surface area contributed by atoms with Gasteiger partial charge in [0, 0.05) is 31.2 Å². The van der Waals surface area contributed by atoms with Crippen LogP contribution >= 0.6 is 11.3 Å². The normalized spacial score (nSPS) is 14.0. The average Bonchev–Trinajstić information content (AvgIpc) is 3.17. The van der Waals surface area contributed by atoms with Crippen molar-refractivity contribution >= 4 is 33.3 Å². The number of anilines is 1. The smallest absolute Gasteiger partial charge is 0.257 e. The Kier molecular flexibility index (Phi) is 3.68. The molecule has 0 saturated heterocycles. The predicted octanol–water partition coefficient (Wildman–Crippen LogP) is 2.06. The number of hydrogen-bond donors (Lipinski definition) is 1. The Morgan fingerprint density at radius 3 is 3.04 bits per heavy atom. The van der Waals surface area contributed by atoms with E-state index in [4.69, 9.17) is 0 Å². The monoisotopic (exact) mass is 342 g/mol. The number of nitrogens with zero attached hydrogens (tertiary/aromatic N) is 5. The summed E-state index contributed by atoms with van der Waals surface area (Å²) >= 11 is 1.66. The molecule has 1 N–H and O–H groups in total. The van der Waals surface area contributed by atoms with E-state index in [0.29, 0.717) is 18.7 Å². The van der Waals surface area contributed by atoms with Crippen LogP contribution < -0.4 is 5.32 Å². The first-order valence-electron chi connectivity index (χ1n) is 7.94. The number of amides is 1. The molecule has 4 heterocycles. The first-order chi connectivity index (χ1) is 11.7. The molecule has 1 amide bonds. The molecular weight excluding hydrogens is 324 g/mol. The Bertz CT molecular complexity index is 915. The SMILES string of the molecule is CCNc1ncnc2sc3c(c12)CCN(C(=O)c1cnn(C)c1)C3. The second-order valence-corrected chi connectivity index (χ2v) is 6.90. The number of carbonyl (C=O) groups excluding carboxylic acids is 1. The van der Waals surface area contributed by atoms with Gasteiger partial charge in [-0.3, -0.25) is 9.48 Å². The van der Waals surface area contributed by atoms with Crippen LogP contribution in [0.4, 0.5) is 5.82 Å². The number of rotatable bonds is 3. The lowest BCUT2D eigenvalue weighted by Gasteiger charge is -2.26. The Morgan fingerprint density at radius 1 is 1.42 bits per heavy atom. The molecule has 3 aromatic rings. The third-order valence-electron chi connectivity index (χ3n) is 4.22. The van der Waals surface area contributed by atoms with Crippen LogP contribution in [0.1, 0.15) is 27.7 Å². The molecule has 0 atom stereocenters. The van der Waals surface area contributed by atoms with Crippen molar-refractivity contribution in [2.75, 3.05) is 18.4 Å². The van der Waals surface area contributed by atoms with Gasteiger partial charge < -0.3 is 10.2 Å². The highest BCUT2D eigenvalue weighted by Crippen LogP contribution is 2.37. The molecule has 0 saturated carbocycles. The summed E-state index contributed by atoms with van der Waals surface area (Å²) in [5, 5.41) is 8.52. The van der Waals surface area contributed by atoms with Crippen LogP contribution in [-0.4, -0.2) is 43.6 Å². The fourth-order valence-corrected chi connectivity index (χ4v) is 4.32. The van der Waals surface area contributed by atoms with Crippen LogP contribution in [0.5, 0.6) is 0 Å². The number of aryl methyl sites for hydroxylation is 1. The van der Waals surface area contributed by atoms with Crippen molar-refractivity contribution in [3.63, 3.8) is 0 Å². The van der Waals surface area contributed by atoms with E-state index in [9.17, 15) is 4.79 Å². The molecule has 7 nitrogen and oxygen atoms in total. The van der Waals surface area contributed by atoms with Gasteiger partial charge in [0.1, 0.15) is 17.0 Å². The lowest BCUT2D eigenvalue weighted by Crippen LogP contribution is -2.35. The molecule has 0 radical (unpaired) electrons. The van der Waals surface area contributed by atoms with Crippen molar-refractivity contribution in [3.05, 3.63) is 34.7 Å². The van der Waals surface area contributed by atoms with Gasteiger partial charge in [-0.25, -0.2) is 9.97 Å². The minimum atomic E-state index is 0.0317. The molecule has 0 aliphatic carbocycles. The Balaban J connectivity index is 1.67. The number of hydrogen-bond acceptors (Lipinski definition) is 6. The second kappa shape index (κ2) is 5.86. The summed E-state index contributed by atoms with van der Waals surface area (Å²) in [4.78, 5) is 25.5. The van der Waals surface area contributed by atoms with Gasteiger partial charge >= 0.3 is 0 Å². The minimum Gasteiger partial charge on any atom is -0.370 e. The van der Waals surface area contributed by atoms with Crippen molar-refractivity contribution in [2.24, 2.45) is 7.05 Å². The third-order valence-corrected chi connectivity index (χ3v) is 5.34. The summed E-state index contributed by atoms with van der Waals surface area (Å²) in [5.74, 6) is 0.927. The molecule has 0 unspecified atom stereocenters. The van der Waals surface area contributed by atoms with Crippen molar-refractivity contribution in [1.82, 2.24) is 24.6 Å². The maximum Gasteiger partial charge on any atom is 0.257 e. The van der Waals surface area contributed by atoms with Crippen LogP contribution in [0.2, 0.25) is 0 Å². The van der Waals surface area contributed by atoms with Crippen LogP contribution in [0.3, 0.4) is 0 Å². The molecule has 0 spiro atoms. The van der Waals surface area contributed by atoms with E-state index in [1.807, 2.05) is 11.9 Å². The molecule has 8 heteroatoms. The maximum atomic E-state index is 12.6. The Morgan fingerprint density at radius 2 is 2.29 bits per heavy atom. The second-order valence-electron chi connectivity index (χ2n) is 5.82. The van der Waals surface area contributed by atoms with Gasteiger partial charge in [-0.2, -0.15) is 5.10 Å². The van der Waals surface area contributed by atoms with Gasteiger partial charge in [-0.1, -0.05) is 0 Å². The molecule has 124 valence electrons. The van der Waals surface area contributed by atoms with Crippen molar-refractivity contribution < 1.29 is 4.79 Å². The topological polar surface area (TPSA) is 75.9 Å². The van der Waals surface area contributed by atoms with E-state index in [0.717, 1.165) is 29.0 Å². The molecule has 1 aliphatic rings. The summed E-state index contributed by atoms with van der Waals surface area (Å²) in [5.41, 5.74) is 1.91. The summed E-state index contributed by atoms with van der Waals surface area (Å²) in [7, 11) is 1.82. The van der Waals surface area contributed by atoms with Crippen molar-refractivity contribution in [3.8, 4) is 0 Å². The standard InChI is InChI=1S/C16H18N6OS/c1-3-17-14-13-11-4-5-22(16(23)10-6-20-21(2)7-10)8-12(11)24-15(13)19-9-18-14/h6-7,9H,3-5,8H2,1-2H3,(H,17,18,19). The van der Waals surface area contributed by atoms with E-state index in [1.54, 1.807) is 34.7 Å². The van der Waals surface area contributed by atoms with Crippen molar-refractivity contribution in [2.45, 2.75) is 19.9 Å². The van der Waals surface area contributed by atoms with E-state index < -0.39 is 0 Å². The number of nitrogens with one attached hydrogen (secondary N) is 1. The maximum absolute atomic E-state index is 12.6. The molecule has 0 bridgehead atoms. The van der Waals surface area contributed by atoms with E-state index in [-0.39, 0.29) is 5.91 Å². The van der Waals surface area contributed by atoms with Crippen LogP contribution in [0.25, 0.3) is 10.2 Å². The van der Waals surface area contributed by atoms with Crippen LogP contribution in [0, 0.1) is 0 Å². The zero-order chi connectivity index (χ0) is 16.7. The number of carbonyl (C=O) groups is 1. The Labute approximate surface area is 143 Å². The first-order valence-corrected chi connectivity index (χ1v) is 8.76. The van der Waals surface area contributed by atoms with E-state index in [2.05, 4.69) is 27.3 Å². The molecule has 24 heavy (non-hydrogen) atoms.